The van der Waals surface area contributed by atoms with E-state index in [1.807, 2.05) is 0 Å². The van der Waals surface area contributed by atoms with E-state index in [2.05, 4.69) is 5.32 Å². The number of hydrogen-bond donors (Lipinski definition) is 1. The van der Waals surface area contributed by atoms with Gasteiger partial charge in [-0.3, -0.25) is 14.9 Å². The van der Waals surface area contributed by atoms with Crippen molar-refractivity contribution in [1.82, 2.24) is 0 Å². The van der Waals surface area contributed by atoms with Crippen LogP contribution in [0.3, 0.4) is 0 Å². The molecular weight excluding hydrogens is 376 g/mol. The van der Waals surface area contributed by atoms with E-state index in [1.165, 1.54) is 42.5 Å². The number of hydrogen-bond acceptors (Lipinski definition) is 7. The van der Waals surface area contributed by atoms with E-state index in [9.17, 15) is 28.1 Å². The number of ether oxygens (including phenoxy) is 1. The van der Waals surface area contributed by atoms with Crippen LogP contribution in [0.2, 0.25) is 0 Å². The topological polar surface area (TPSA) is 133 Å². The maximum absolute atomic E-state index is 12.0. The van der Waals surface area contributed by atoms with Crippen LogP contribution in [0.5, 0.6) is 0 Å². The van der Waals surface area contributed by atoms with Crippen LogP contribution in [-0.2, 0) is 25.1 Å². The van der Waals surface area contributed by atoms with Crippen molar-refractivity contribution in [2.75, 3.05) is 18.2 Å². The maximum atomic E-state index is 12.0. The number of carbonyl (C=O) groups excluding carboxylic acids is 2. The molecule has 0 atom stereocenters. The molecule has 0 spiro atoms. The number of non-ortho nitro benzene ring substituents is 1. The number of nitrogens with one attached hydrogen (secondary N) is 1. The molecule has 27 heavy (non-hydrogen) atoms. The van der Waals surface area contributed by atoms with Crippen molar-refractivity contribution in [2.45, 2.75) is 5.75 Å². The Labute approximate surface area is 155 Å². The first kappa shape index (κ1) is 20.0. The predicted octanol–water partition coefficient (Wildman–Crippen LogP) is 1.93. The summed E-state index contributed by atoms with van der Waals surface area (Å²) in [4.78, 5) is 33.8. The smallest absolute Gasteiger partial charge is 0.338 e. The Hall–Kier alpha value is -3.27. The van der Waals surface area contributed by atoms with Crippen molar-refractivity contribution in [3.8, 4) is 0 Å². The molecule has 2 aromatic rings. The molecule has 0 saturated carbocycles. The summed E-state index contributed by atoms with van der Waals surface area (Å²) < 4.78 is 27.5. The molecule has 0 bridgehead atoms. The highest BCUT2D eigenvalue weighted by Crippen LogP contribution is 2.15. The predicted molar refractivity (Wildman–Crippen MR) is 97.0 cm³/mol. The van der Waals surface area contributed by atoms with Gasteiger partial charge in [0.2, 0.25) is 0 Å². The van der Waals surface area contributed by atoms with Crippen LogP contribution in [-0.4, -0.2) is 38.1 Å². The fourth-order valence-electron chi connectivity index (χ4n) is 2.17. The molecule has 0 aliphatic carbocycles. The van der Waals surface area contributed by atoms with Gasteiger partial charge in [0.15, 0.2) is 16.4 Å². The van der Waals surface area contributed by atoms with Crippen molar-refractivity contribution in [3.05, 3.63) is 69.8 Å². The Kier molecular flexibility index (Phi) is 6.24. The third-order valence-electron chi connectivity index (χ3n) is 3.29. The zero-order chi connectivity index (χ0) is 20.0. The molecule has 0 aliphatic heterocycles. The molecule has 0 aromatic heterocycles. The van der Waals surface area contributed by atoms with Gasteiger partial charge in [0.1, 0.15) is 0 Å². The number of anilines is 1. The van der Waals surface area contributed by atoms with Crippen LogP contribution in [0, 0.1) is 10.1 Å². The largest absolute Gasteiger partial charge is 0.452 e. The number of nitro groups is 1. The summed E-state index contributed by atoms with van der Waals surface area (Å²) in [6.45, 7) is -0.563. The van der Waals surface area contributed by atoms with E-state index in [0.29, 0.717) is 11.3 Å². The number of esters is 1. The first-order valence-electron chi connectivity index (χ1n) is 7.62. The van der Waals surface area contributed by atoms with Crippen LogP contribution >= 0.6 is 0 Å². The lowest BCUT2D eigenvalue weighted by Crippen LogP contribution is -2.21. The Morgan fingerprint density at radius 3 is 2.41 bits per heavy atom. The molecule has 2 rings (SSSR count). The normalized spacial score (nSPS) is 10.9. The molecule has 2 aromatic carbocycles. The van der Waals surface area contributed by atoms with Crippen LogP contribution < -0.4 is 5.32 Å². The highest BCUT2D eigenvalue weighted by Gasteiger charge is 2.13. The lowest BCUT2D eigenvalue weighted by Gasteiger charge is -2.07. The summed E-state index contributed by atoms with van der Waals surface area (Å²) in [5.74, 6) is -1.61. The number of sulfone groups is 1. The van der Waals surface area contributed by atoms with Gasteiger partial charge in [-0.25, -0.2) is 13.2 Å². The number of benzene rings is 2. The van der Waals surface area contributed by atoms with Crippen molar-refractivity contribution in [1.29, 1.82) is 0 Å². The zero-order valence-electron chi connectivity index (χ0n) is 14.2. The molecule has 0 radical (unpaired) electrons. The number of rotatable bonds is 7. The fourth-order valence-corrected chi connectivity index (χ4v) is 2.95. The first-order chi connectivity index (χ1) is 12.6. The second-order valence-corrected chi connectivity index (χ2v) is 7.84. The minimum absolute atomic E-state index is 0.117. The summed E-state index contributed by atoms with van der Waals surface area (Å²) in [5.41, 5.74) is 0.756. The lowest BCUT2D eigenvalue weighted by atomic mass is 10.1. The lowest BCUT2D eigenvalue weighted by molar-refractivity contribution is -0.384. The minimum Gasteiger partial charge on any atom is -0.452 e. The first-order valence-corrected chi connectivity index (χ1v) is 9.68. The van der Waals surface area contributed by atoms with E-state index in [1.54, 1.807) is 6.07 Å². The third-order valence-corrected chi connectivity index (χ3v) is 4.15. The Bertz CT molecular complexity index is 969. The summed E-state index contributed by atoms with van der Waals surface area (Å²) in [6, 6.07) is 11.1. The maximum Gasteiger partial charge on any atom is 0.338 e. The van der Waals surface area contributed by atoms with Gasteiger partial charge >= 0.3 is 5.97 Å². The monoisotopic (exact) mass is 392 g/mol. The Morgan fingerprint density at radius 1 is 1.15 bits per heavy atom. The highest BCUT2D eigenvalue weighted by molar-refractivity contribution is 7.89. The molecule has 1 N–H and O–H groups in total. The van der Waals surface area contributed by atoms with Gasteiger partial charge < -0.3 is 10.1 Å². The third kappa shape index (κ3) is 6.51. The van der Waals surface area contributed by atoms with Gasteiger partial charge in [-0.2, -0.15) is 0 Å². The van der Waals surface area contributed by atoms with Crippen LogP contribution in [0.1, 0.15) is 15.9 Å². The van der Waals surface area contributed by atoms with Gasteiger partial charge in [-0.15, -0.1) is 0 Å². The molecule has 0 heterocycles. The van der Waals surface area contributed by atoms with E-state index >= 15 is 0 Å². The Morgan fingerprint density at radius 2 is 1.81 bits per heavy atom. The number of amides is 1. The standard InChI is InChI=1S/C17H16N2O7S/c1-27(24,25)11-12-3-2-4-13(9-12)17(21)26-10-16(20)18-14-5-7-15(8-6-14)19(22)23/h2-9H,10-11H2,1H3,(H,18,20). The van der Waals surface area contributed by atoms with E-state index < -0.39 is 33.2 Å². The number of nitrogens with zero attached hydrogens (tertiary/aromatic N) is 1. The molecule has 0 unspecified atom stereocenters. The molecule has 10 heteroatoms. The average Bonchev–Trinajstić information content (AvgIpc) is 2.59. The number of nitro benzene ring substituents is 1. The van der Waals surface area contributed by atoms with Gasteiger partial charge in [0.25, 0.3) is 11.6 Å². The summed E-state index contributed by atoms with van der Waals surface area (Å²) in [5, 5.41) is 13.0. The molecule has 0 saturated heterocycles. The quantitative estimate of drug-likeness (QED) is 0.432. The summed E-state index contributed by atoms with van der Waals surface area (Å²) in [6.07, 6.45) is 1.08. The second kappa shape index (κ2) is 8.41. The molecule has 1 amide bonds. The fraction of sp³-hybridized carbons (Fsp3) is 0.176. The molecule has 142 valence electrons. The van der Waals surface area contributed by atoms with Gasteiger partial charge in [0, 0.05) is 24.1 Å². The van der Waals surface area contributed by atoms with Crippen molar-refractivity contribution >= 4 is 33.1 Å². The van der Waals surface area contributed by atoms with Gasteiger partial charge in [0.05, 0.1) is 16.2 Å². The molecule has 9 nitrogen and oxygen atoms in total. The highest BCUT2D eigenvalue weighted by atomic mass is 32.2. The van der Waals surface area contributed by atoms with E-state index in [4.69, 9.17) is 4.74 Å². The van der Waals surface area contributed by atoms with Crippen molar-refractivity contribution in [2.24, 2.45) is 0 Å². The SMILES string of the molecule is CS(=O)(=O)Cc1cccc(C(=O)OCC(=O)Nc2ccc([N+](=O)[O-])cc2)c1. The van der Waals surface area contributed by atoms with Gasteiger partial charge in [-0.1, -0.05) is 12.1 Å². The van der Waals surface area contributed by atoms with E-state index in [0.717, 1.165) is 6.26 Å². The summed E-state index contributed by atoms with van der Waals surface area (Å²) in [7, 11) is -3.25. The van der Waals surface area contributed by atoms with Crippen molar-refractivity contribution in [3.63, 3.8) is 0 Å². The van der Waals surface area contributed by atoms with Gasteiger partial charge in [-0.05, 0) is 29.8 Å². The van der Waals surface area contributed by atoms with Crippen LogP contribution in [0.25, 0.3) is 0 Å². The van der Waals surface area contributed by atoms with Crippen LogP contribution in [0.4, 0.5) is 11.4 Å². The average molecular weight is 392 g/mol. The summed E-state index contributed by atoms with van der Waals surface area (Å²) >= 11 is 0. The number of carbonyl (C=O) groups is 2. The van der Waals surface area contributed by atoms with Crippen LogP contribution in [0.15, 0.2) is 48.5 Å². The van der Waals surface area contributed by atoms with E-state index in [-0.39, 0.29) is 17.0 Å². The zero-order valence-corrected chi connectivity index (χ0v) is 15.1. The Balaban J connectivity index is 1.92. The second-order valence-electron chi connectivity index (χ2n) is 5.70. The van der Waals surface area contributed by atoms with Crippen molar-refractivity contribution < 1.29 is 27.7 Å². The molecule has 0 fully saturated rings. The molecular formula is C17H16N2O7S. The molecule has 0 aliphatic rings. The minimum atomic E-state index is -3.25.